The van der Waals surface area contributed by atoms with E-state index in [4.69, 9.17) is 9.47 Å². The van der Waals surface area contributed by atoms with E-state index in [1.54, 1.807) is 57.0 Å². The van der Waals surface area contributed by atoms with Crippen molar-refractivity contribution in [3.63, 3.8) is 0 Å². The van der Waals surface area contributed by atoms with Crippen LogP contribution < -0.4 is 15.4 Å². The SMILES string of the molecule is CCCCCCCN(C(=O)C(NC(=O)OC(C)(C)C)C(C)C)C(C(=O)Nc1ccc(OC)cc1)c1cc(C)ccc1C. The number of alkyl carbamates (subject to hydrolysis) is 1. The molecule has 2 atom stereocenters. The zero-order valence-electron chi connectivity index (χ0n) is 27.0. The molecule has 0 heterocycles. The summed E-state index contributed by atoms with van der Waals surface area (Å²) in [5.41, 5.74) is 2.52. The van der Waals surface area contributed by atoms with Crippen molar-refractivity contribution in [1.82, 2.24) is 10.2 Å². The maximum atomic E-state index is 14.4. The Balaban J connectivity index is 2.56. The zero-order valence-corrected chi connectivity index (χ0v) is 27.0. The summed E-state index contributed by atoms with van der Waals surface area (Å²) in [4.78, 5) is 43.0. The van der Waals surface area contributed by atoms with Gasteiger partial charge >= 0.3 is 6.09 Å². The third kappa shape index (κ3) is 10.7. The summed E-state index contributed by atoms with van der Waals surface area (Å²) in [5.74, 6) is -0.204. The van der Waals surface area contributed by atoms with Crippen LogP contribution in [0, 0.1) is 19.8 Å². The van der Waals surface area contributed by atoms with Gasteiger partial charge in [-0.15, -0.1) is 0 Å². The molecule has 0 saturated carbocycles. The highest BCUT2D eigenvalue weighted by molar-refractivity contribution is 5.99. The van der Waals surface area contributed by atoms with E-state index in [2.05, 4.69) is 17.6 Å². The number of hydrogen-bond donors (Lipinski definition) is 2. The van der Waals surface area contributed by atoms with Gasteiger partial charge < -0.3 is 25.0 Å². The Labute approximate surface area is 252 Å². The quantitative estimate of drug-likeness (QED) is 0.228. The fourth-order valence-corrected chi connectivity index (χ4v) is 4.77. The van der Waals surface area contributed by atoms with Gasteiger partial charge in [0, 0.05) is 12.2 Å². The first kappa shape index (κ1) is 34.7. The number of anilines is 1. The predicted octanol–water partition coefficient (Wildman–Crippen LogP) is 7.34. The second-order valence-corrected chi connectivity index (χ2v) is 12.3. The molecule has 8 heteroatoms. The number of unbranched alkanes of at least 4 members (excludes halogenated alkanes) is 4. The van der Waals surface area contributed by atoms with E-state index in [1.165, 1.54) is 0 Å². The van der Waals surface area contributed by atoms with Crippen molar-refractivity contribution in [3.05, 3.63) is 59.2 Å². The first-order valence-electron chi connectivity index (χ1n) is 15.1. The molecule has 2 N–H and O–H groups in total. The molecule has 42 heavy (non-hydrogen) atoms. The smallest absolute Gasteiger partial charge is 0.408 e. The maximum absolute atomic E-state index is 14.4. The number of nitrogens with zero attached hydrogens (tertiary/aromatic N) is 1. The van der Waals surface area contributed by atoms with E-state index >= 15 is 0 Å². The number of amides is 3. The zero-order chi connectivity index (χ0) is 31.4. The van der Waals surface area contributed by atoms with Crippen molar-refractivity contribution in [2.24, 2.45) is 5.92 Å². The summed E-state index contributed by atoms with van der Waals surface area (Å²) < 4.78 is 10.8. The monoisotopic (exact) mass is 581 g/mol. The molecule has 2 aromatic carbocycles. The largest absolute Gasteiger partial charge is 0.497 e. The molecular weight excluding hydrogens is 530 g/mol. The number of carbonyl (C=O) groups excluding carboxylic acids is 3. The minimum absolute atomic E-state index is 0.239. The molecule has 0 aliphatic heterocycles. The van der Waals surface area contributed by atoms with Gasteiger partial charge in [-0.1, -0.05) is 70.2 Å². The fraction of sp³-hybridized carbons (Fsp3) is 0.559. The first-order chi connectivity index (χ1) is 19.8. The molecule has 0 bridgehead atoms. The lowest BCUT2D eigenvalue weighted by atomic mass is 9.94. The number of hydrogen-bond acceptors (Lipinski definition) is 5. The van der Waals surface area contributed by atoms with Crippen LogP contribution in [-0.2, 0) is 14.3 Å². The number of benzene rings is 2. The van der Waals surface area contributed by atoms with Crippen molar-refractivity contribution in [2.75, 3.05) is 19.0 Å². The fourth-order valence-electron chi connectivity index (χ4n) is 4.77. The van der Waals surface area contributed by atoms with E-state index in [-0.39, 0.29) is 17.7 Å². The standard InChI is InChI=1S/C34H51N3O5/c1-10-11-12-13-14-21-37(32(39)29(23(2)3)36-33(40)42-34(6,7)8)30(28-22-24(4)15-16-25(28)5)31(38)35-26-17-19-27(41-9)20-18-26/h15-20,22-23,29-30H,10-14,21H2,1-9H3,(H,35,38)(H,36,40). The van der Waals surface area contributed by atoms with Crippen molar-refractivity contribution in [3.8, 4) is 5.75 Å². The maximum Gasteiger partial charge on any atom is 0.408 e. The van der Waals surface area contributed by atoms with Crippen LogP contribution in [0.1, 0.15) is 96.4 Å². The van der Waals surface area contributed by atoms with Crippen LogP contribution in [0.4, 0.5) is 10.5 Å². The predicted molar refractivity (Wildman–Crippen MR) is 169 cm³/mol. The van der Waals surface area contributed by atoms with Gasteiger partial charge in [-0.3, -0.25) is 9.59 Å². The Morgan fingerprint density at radius 2 is 1.57 bits per heavy atom. The van der Waals surface area contributed by atoms with Gasteiger partial charge in [-0.25, -0.2) is 4.79 Å². The van der Waals surface area contributed by atoms with E-state index in [0.29, 0.717) is 18.0 Å². The molecule has 0 radical (unpaired) electrons. The Hall–Kier alpha value is -3.55. The lowest BCUT2D eigenvalue weighted by molar-refractivity contribution is -0.141. The number of carbonyl (C=O) groups is 3. The van der Waals surface area contributed by atoms with Crippen LogP contribution in [0.25, 0.3) is 0 Å². The van der Waals surface area contributed by atoms with Crippen LogP contribution >= 0.6 is 0 Å². The van der Waals surface area contributed by atoms with E-state index < -0.39 is 23.8 Å². The van der Waals surface area contributed by atoms with Crippen molar-refractivity contribution >= 4 is 23.6 Å². The minimum Gasteiger partial charge on any atom is -0.497 e. The average molecular weight is 582 g/mol. The third-order valence-electron chi connectivity index (χ3n) is 7.04. The second kappa shape index (κ2) is 16.2. The van der Waals surface area contributed by atoms with E-state index in [1.807, 2.05) is 45.9 Å². The lowest BCUT2D eigenvalue weighted by Gasteiger charge is -2.36. The Morgan fingerprint density at radius 3 is 2.14 bits per heavy atom. The molecule has 0 fully saturated rings. The summed E-state index contributed by atoms with van der Waals surface area (Å²) in [5, 5.41) is 5.82. The van der Waals surface area contributed by atoms with Crippen molar-refractivity contribution in [1.29, 1.82) is 0 Å². The van der Waals surface area contributed by atoms with Crippen LogP contribution in [0.2, 0.25) is 0 Å². The van der Waals surface area contributed by atoms with Gasteiger partial charge in [-0.05, 0) is 82.3 Å². The van der Waals surface area contributed by atoms with Gasteiger partial charge in [0.05, 0.1) is 7.11 Å². The number of nitrogens with one attached hydrogen (secondary N) is 2. The first-order valence-corrected chi connectivity index (χ1v) is 15.1. The third-order valence-corrected chi connectivity index (χ3v) is 7.04. The molecule has 0 spiro atoms. The molecule has 0 aromatic heterocycles. The molecule has 232 valence electrons. The van der Waals surface area contributed by atoms with Crippen LogP contribution in [0.15, 0.2) is 42.5 Å². The molecule has 0 aliphatic carbocycles. The summed E-state index contributed by atoms with van der Waals surface area (Å²) in [6.07, 6.45) is 4.27. The highest BCUT2D eigenvalue weighted by atomic mass is 16.6. The van der Waals surface area contributed by atoms with Gasteiger partial charge in [0.1, 0.15) is 23.4 Å². The molecule has 2 rings (SSSR count). The van der Waals surface area contributed by atoms with Gasteiger partial charge in [0.15, 0.2) is 0 Å². The Kier molecular flexibility index (Phi) is 13.4. The summed E-state index contributed by atoms with van der Waals surface area (Å²) in [6, 6.07) is 11.2. The highest BCUT2D eigenvalue weighted by Gasteiger charge is 2.38. The molecule has 8 nitrogen and oxygen atoms in total. The molecule has 3 amide bonds. The lowest BCUT2D eigenvalue weighted by Crippen LogP contribution is -2.54. The van der Waals surface area contributed by atoms with E-state index in [0.717, 1.165) is 48.8 Å². The van der Waals surface area contributed by atoms with Crippen LogP contribution in [0.3, 0.4) is 0 Å². The Morgan fingerprint density at radius 1 is 0.929 bits per heavy atom. The average Bonchev–Trinajstić information content (AvgIpc) is 2.91. The number of rotatable bonds is 14. The molecule has 2 aromatic rings. The highest BCUT2D eigenvalue weighted by Crippen LogP contribution is 2.29. The van der Waals surface area contributed by atoms with Gasteiger partial charge in [0.2, 0.25) is 5.91 Å². The minimum atomic E-state index is -0.910. The van der Waals surface area contributed by atoms with Crippen molar-refractivity contribution in [2.45, 2.75) is 105 Å². The summed E-state index contributed by atoms with van der Waals surface area (Å²) >= 11 is 0. The number of aryl methyl sites for hydroxylation is 2. The van der Waals surface area contributed by atoms with Crippen LogP contribution in [-0.4, -0.2) is 48.1 Å². The summed E-state index contributed by atoms with van der Waals surface area (Å²) in [7, 11) is 1.59. The molecule has 2 unspecified atom stereocenters. The molecular formula is C34H51N3O5. The normalized spacial score (nSPS) is 12.8. The summed E-state index contributed by atoms with van der Waals surface area (Å²) in [6.45, 7) is 15.5. The molecule has 0 aliphatic rings. The van der Waals surface area contributed by atoms with Gasteiger partial charge in [-0.2, -0.15) is 0 Å². The van der Waals surface area contributed by atoms with Gasteiger partial charge in [0.25, 0.3) is 5.91 Å². The molecule has 0 saturated heterocycles. The second-order valence-electron chi connectivity index (χ2n) is 12.3. The number of ether oxygens (including phenoxy) is 2. The van der Waals surface area contributed by atoms with Crippen LogP contribution in [0.5, 0.6) is 5.75 Å². The number of methoxy groups -OCH3 is 1. The Bertz CT molecular complexity index is 1170. The van der Waals surface area contributed by atoms with E-state index in [9.17, 15) is 14.4 Å². The topological polar surface area (TPSA) is 97.0 Å². The van der Waals surface area contributed by atoms with Crippen molar-refractivity contribution < 1.29 is 23.9 Å².